The number of hydrogen-bond acceptors (Lipinski definition) is 6. The molecule has 1 aliphatic heterocycles. The summed E-state index contributed by atoms with van der Waals surface area (Å²) in [6, 6.07) is 0.187. The third-order valence-corrected chi connectivity index (χ3v) is 4.02. The van der Waals surface area contributed by atoms with Crippen LogP contribution in [-0.4, -0.2) is 50.5 Å². The van der Waals surface area contributed by atoms with E-state index in [0.717, 1.165) is 19.3 Å². The number of rotatable bonds is 2. The first-order valence-corrected chi connectivity index (χ1v) is 7.31. The second kappa shape index (κ2) is 4.19. The van der Waals surface area contributed by atoms with Crippen LogP contribution in [0.2, 0.25) is 0 Å². The van der Waals surface area contributed by atoms with Crippen LogP contribution in [-0.2, 0) is 9.84 Å². The average molecular weight is 259 g/mol. The number of sulfone groups is 1. The molecule has 1 aromatic heterocycles. The SMILES string of the molecule is CC1CNCCN1c1n[nH]c(N)c1S(C)(=O)=O. The number of piperazine rings is 1. The lowest BCUT2D eigenvalue weighted by Gasteiger charge is -2.34. The number of aromatic nitrogens is 2. The molecule has 8 heteroatoms. The lowest BCUT2D eigenvalue weighted by atomic mass is 10.2. The quantitative estimate of drug-likeness (QED) is 0.642. The summed E-state index contributed by atoms with van der Waals surface area (Å²) < 4.78 is 23.4. The summed E-state index contributed by atoms with van der Waals surface area (Å²) in [7, 11) is -3.37. The predicted molar refractivity (Wildman–Crippen MR) is 65.8 cm³/mol. The van der Waals surface area contributed by atoms with Gasteiger partial charge in [-0.1, -0.05) is 0 Å². The van der Waals surface area contributed by atoms with Gasteiger partial charge in [-0.15, -0.1) is 0 Å². The van der Waals surface area contributed by atoms with Crippen molar-refractivity contribution >= 4 is 21.5 Å². The van der Waals surface area contributed by atoms with Crippen molar-refractivity contribution in [3.8, 4) is 0 Å². The van der Waals surface area contributed by atoms with E-state index in [-0.39, 0.29) is 16.8 Å². The Morgan fingerprint density at radius 2 is 2.24 bits per heavy atom. The molecule has 1 fully saturated rings. The summed E-state index contributed by atoms with van der Waals surface area (Å²) in [5, 5.41) is 9.81. The maximum Gasteiger partial charge on any atom is 0.182 e. The van der Waals surface area contributed by atoms with E-state index in [2.05, 4.69) is 15.5 Å². The minimum Gasteiger partial charge on any atom is -0.383 e. The fourth-order valence-corrected chi connectivity index (χ4v) is 2.99. The molecule has 96 valence electrons. The number of nitrogen functional groups attached to an aromatic ring is 1. The zero-order valence-electron chi connectivity index (χ0n) is 9.90. The molecule has 0 saturated carbocycles. The Morgan fingerprint density at radius 3 is 2.82 bits per heavy atom. The minimum absolute atomic E-state index is 0.103. The van der Waals surface area contributed by atoms with Crippen LogP contribution >= 0.6 is 0 Å². The van der Waals surface area contributed by atoms with Crippen LogP contribution in [0.5, 0.6) is 0 Å². The second-order valence-corrected chi connectivity index (χ2v) is 6.26. The molecule has 17 heavy (non-hydrogen) atoms. The van der Waals surface area contributed by atoms with Gasteiger partial charge in [0, 0.05) is 31.9 Å². The van der Waals surface area contributed by atoms with Gasteiger partial charge in [-0.2, -0.15) is 5.10 Å². The zero-order valence-corrected chi connectivity index (χ0v) is 10.7. The number of nitrogens with two attached hydrogens (primary N) is 1. The molecule has 0 aliphatic carbocycles. The van der Waals surface area contributed by atoms with Crippen LogP contribution in [0.1, 0.15) is 6.92 Å². The molecule has 1 aromatic rings. The molecule has 0 aromatic carbocycles. The third kappa shape index (κ3) is 2.22. The van der Waals surface area contributed by atoms with E-state index in [1.165, 1.54) is 0 Å². The van der Waals surface area contributed by atoms with Crippen LogP contribution in [0.3, 0.4) is 0 Å². The molecule has 1 saturated heterocycles. The molecule has 1 aliphatic rings. The molecule has 2 heterocycles. The molecule has 0 bridgehead atoms. The van der Waals surface area contributed by atoms with E-state index in [4.69, 9.17) is 5.73 Å². The molecular weight excluding hydrogens is 242 g/mol. The van der Waals surface area contributed by atoms with Gasteiger partial charge < -0.3 is 16.0 Å². The van der Waals surface area contributed by atoms with E-state index in [1.54, 1.807) is 0 Å². The van der Waals surface area contributed by atoms with Gasteiger partial charge >= 0.3 is 0 Å². The summed E-state index contributed by atoms with van der Waals surface area (Å²) in [6.45, 7) is 4.34. The molecule has 0 amide bonds. The van der Waals surface area contributed by atoms with Gasteiger partial charge in [-0.3, -0.25) is 5.10 Å². The highest BCUT2D eigenvalue weighted by molar-refractivity contribution is 7.91. The Kier molecular flexibility index (Phi) is 3.00. The van der Waals surface area contributed by atoms with Gasteiger partial charge in [0.2, 0.25) is 0 Å². The second-order valence-electron chi connectivity index (χ2n) is 4.31. The molecule has 0 spiro atoms. The molecule has 1 unspecified atom stereocenters. The van der Waals surface area contributed by atoms with Crippen molar-refractivity contribution in [1.82, 2.24) is 15.5 Å². The van der Waals surface area contributed by atoms with Crippen molar-refractivity contribution in [3.05, 3.63) is 0 Å². The molecular formula is C9H17N5O2S. The standard InChI is InChI=1S/C9H17N5O2S/c1-6-5-11-3-4-14(6)9-7(17(2,15)16)8(10)12-13-9/h6,11H,3-5H2,1-2H3,(H3,10,12,13). The highest BCUT2D eigenvalue weighted by atomic mass is 32.2. The minimum atomic E-state index is -3.37. The maximum absolute atomic E-state index is 11.7. The van der Waals surface area contributed by atoms with Crippen molar-refractivity contribution in [1.29, 1.82) is 0 Å². The highest BCUT2D eigenvalue weighted by Gasteiger charge is 2.28. The normalized spacial score (nSPS) is 21.8. The van der Waals surface area contributed by atoms with Crippen LogP contribution in [0.15, 0.2) is 4.90 Å². The maximum atomic E-state index is 11.7. The van der Waals surface area contributed by atoms with E-state index in [9.17, 15) is 8.42 Å². The Hall–Kier alpha value is -1.28. The fourth-order valence-electron chi connectivity index (χ4n) is 2.05. The van der Waals surface area contributed by atoms with Crippen molar-refractivity contribution in [2.24, 2.45) is 0 Å². The predicted octanol–water partition coefficient (Wildman–Crippen LogP) is -0.806. The number of nitrogens with one attached hydrogen (secondary N) is 2. The number of H-pyrrole nitrogens is 1. The zero-order chi connectivity index (χ0) is 12.6. The molecule has 1 atom stereocenters. The van der Waals surface area contributed by atoms with Gasteiger partial charge in [0.1, 0.15) is 5.82 Å². The summed E-state index contributed by atoms with van der Waals surface area (Å²) in [5.41, 5.74) is 5.64. The summed E-state index contributed by atoms with van der Waals surface area (Å²) in [4.78, 5) is 2.06. The van der Waals surface area contributed by atoms with Gasteiger partial charge in [-0.25, -0.2) is 8.42 Å². The van der Waals surface area contributed by atoms with Crippen molar-refractivity contribution in [2.75, 3.05) is 36.5 Å². The van der Waals surface area contributed by atoms with Gasteiger partial charge in [0.15, 0.2) is 20.6 Å². The Morgan fingerprint density at radius 1 is 1.53 bits per heavy atom. The van der Waals surface area contributed by atoms with Crippen molar-refractivity contribution < 1.29 is 8.42 Å². The monoisotopic (exact) mass is 259 g/mol. The number of anilines is 2. The first-order valence-electron chi connectivity index (χ1n) is 5.42. The Balaban J connectivity index is 2.45. The van der Waals surface area contributed by atoms with E-state index in [1.807, 2.05) is 11.8 Å². The van der Waals surface area contributed by atoms with E-state index in [0.29, 0.717) is 12.4 Å². The molecule has 2 rings (SSSR count). The van der Waals surface area contributed by atoms with Crippen molar-refractivity contribution in [2.45, 2.75) is 17.9 Å². The number of hydrogen-bond donors (Lipinski definition) is 3. The molecule has 7 nitrogen and oxygen atoms in total. The van der Waals surface area contributed by atoms with E-state index < -0.39 is 9.84 Å². The Labute approximate surface area is 100 Å². The van der Waals surface area contributed by atoms with Crippen molar-refractivity contribution in [3.63, 3.8) is 0 Å². The molecule has 4 N–H and O–H groups in total. The first kappa shape index (κ1) is 12.2. The third-order valence-electron chi connectivity index (χ3n) is 2.87. The van der Waals surface area contributed by atoms with Crippen LogP contribution in [0.25, 0.3) is 0 Å². The summed E-state index contributed by atoms with van der Waals surface area (Å²) in [6.07, 6.45) is 1.14. The van der Waals surface area contributed by atoms with Gasteiger partial charge in [0.05, 0.1) is 0 Å². The number of aromatic amines is 1. The smallest absolute Gasteiger partial charge is 0.182 e. The highest BCUT2D eigenvalue weighted by Crippen LogP contribution is 2.29. The van der Waals surface area contributed by atoms with E-state index >= 15 is 0 Å². The van der Waals surface area contributed by atoms with Gasteiger partial charge in [0.25, 0.3) is 0 Å². The van der Waals surface area contributed by atoms with Crippen LogP contribution in [0, 0.1) is 0 Å². The lowest BCUT2D eigenvalue weighted by Crippen LogP contribution is -2.50. The van der Waals surface area contributed by atoms with Crippen LogP contribution in [0.4, 0.5) is 11.6 Å². The summed E-state index contributed by atoms with van der Waals surface area (Å²) in [5.74, 6) is 0.534. The molecule has 0 radical (unpaired) electrons. The fraction of sp³-hybridized carbons (Fsp3) is 0.667. The first-order chi connectivity index (χ1) is 7.91. The Bertz CT molecular complexity index is 509. The largest absolute Gasteiger partial charge is 0.383 e. The average Bonchev–Trinajstić information content (AvgIpc) is 2.60. The van der Waals surface area contributed by atoms with Crippen LogP contribution < -0.4 is 16.0 Å². The lowest BCUT2D eigenvalue weighted by molar-refractivity contribution is 0.494. The topological polar surface area (TPSA) is 104 Å². The summed E-state index contributed by atoms with van der Waals surface area (Å²) >= 11 is 0. The van der Waals surface area contributed by atoms with Gasteiger partial charge in [-0.05, 0) is 6.92 Å². The number of nitrogens with zero attached hydrogens (tertiary/aromatic N) is 2.